The minimum absolute atomic E-state index is 0.0253. The summed E-state index contributed by atoms with van der Waals surface area (Å²) in [7, 11) is 0. The van der Waals surface area contributed by atoms with Crippen LogP contribution in [0.2, 0.25) is 0 Å². The van der Waals surface area contributed by atoms with Gasteiger partial charge in [-0.15, -0.1) is 0 Å². The van der Waals surface area contributed by atoms with Crippen LogP contribution in [-0.4, -0.2) is 9.38 Å². The summed E-state index contributed by atoms with van der Waals surface area (Å²) in [6, 6.07) is 28.2. The molecule has 0 aliphatic rings. The lowest BCUT2D eigenvalue weighted by Crippen LogP contribution is -2.16. The maximum atomic E-state index is 13.5. The molecule has 0 atom stereocenters. The number of hydrogen-bond donors (Lipinski definition) is 0. The van der Waals surface area contributed by atoms with Crippen LogP contribution in [0, 0.1) is 0 Å². The second kappa shape index (κ2) is 6.71. The molecule has 3 heteroatoms. The highest BCUT2D eigenvalue weighted by molar-refractivity contribution is 6.12. The topological polar surface area (TPSA) is 34.4 Å². The summed E-state index contributed by atoms with van der Waals surface area (Å²) in [4.78, 5) is 18.4. The van der Waals surface area contributed by atoms with Crippen LogP contribution in [0.5, 0.6) is 0 Å². The zero-order chi connectivity index (χ0) is 20.0. The Kier molecular flexibility index (Phi) is 4.02. The molecule has 3 nitrogen and oxygen atoms in total. The number of fused-ring (bicyclic) bond motifs is 8. The van der Waals surface area contributed by atoms with Crippen molar-refractivity contribution in [3.63, 3.8) is 0 Å². The van der Waals surface area contributed by atoms with E-state index in [4.69, 9.17) is 4.98 Å². The van der Waals surface area contributed by atoms with E-state index in [1.807, 2.05) is 80.6 Å². The van der Waals surface area contributed by atoms with E-state index in [0.29, 0.717) is 11.0 Å². The maximum absolute atomic E-state index is 13.5. The van der Waals surface area contributed by atoms with Crippen LogP contribution in [0.4, 0.5) is 0 Å². The second-order valence-electron chi connectivity index (χ2n) is 6.86. The first-order valence-corrected chi connectivity index (χ1v) is 9.96. The molecule has 0 bridgehead atoms. The van der Waals surface area contributed by atoms with E-state index in [1.54, 1.807) is 4.40 Å². The van der Waals surface area contributed by atoms with Crippen LogP contribution in [-0.2, 0) is 0 Å². The van der Waals surface area contributed by atoms with Crippen LogP contribution >= 0.6 is 0 Å². The normalized spacial score (nSPS) is 11.2. The number of pyridine rings is 1. The number of nitrogens with zero attached hydrogens (tertiary/aromatic N) is 2. The van der Waals surface area contributed by atoms with Crippen molar-refractivity contribution < 1.29 is 0 Å². The number of benzene rings is 4. The van der Waals surface area contributed by atoms with E-state index in [2.05, 4.69) is 18.2 Å². The Morgan fingerprint density at radius 3 is 2.00 bits per heavy atom. The molecule has 0 unspecified atom stereocenters. The molecule has 0 fully saturated rings. The predicted molar refractivity (Wildman–Crippen MR) is 123 cm³/mol. The molecular weight excluding hydrogens is 356 g/mol. The summed E-state index contributed by atoms with van der Waals surface area (Å²) < 4.78 is 1.76. The molecule has 0 saturated carbocycles. The lowest BCUT2D eigenvalue weighted by Gasteiger charge is -2.12. The molecule has 0 spiro atoms. The highest BCUT2D eigenvalue weighted by Crippen LogP contribution is 2.29. The van der Waals surface area contributed by atoms with Gasteiger partial charge in [0.1, 0.15) is 5.65 Å². The zero-order valence-electron chi connectivity index (χ0n) is 16.4. The van der Waals surface area contributed by atoms with E-state index < -0.39 is 0 Å². The molecule has 0 radical (unpaired) electrons. The van der Waals surface area contributed by atoms with Crippen molar-refractivity contribution >= 4 is 49.0 Å². The average Bonchev–Trinajstić information content (AvgIpc) is 2.79. The van der Waals surface area contributed by atoms with Crippen LogP contribution in [0.25, 0.3) is 49.0 Å². The molecule has 29 heavy (non-hydrogen) atoms. The van der Waals surface area contributed by atoms with Crippen molar-refractivity contribution in [2.75, 3.05) is 0 Å². The lowest BCUT2D eigenvalue weighted by atomic mass is 10.0. The fourth-order valence-electron chi connectivity index (χ4n) is 4.09. The minimum atomic E-state index is -0.0253. The van der Waals surface area contributed by atoms with Gasteiger partial charge in [0.2, 0.25) is 0 Å². The lowest BCUT2D eigenvalue weighted by molar-refractivity contribution is 1.14. The molecular formula is C26H20N2O. The molecule has 0 aliphatic heterocycles. The molecule has 0 N–H and O–H groups in total. The zero-order valence-corrected chi connectivity index (χ0v) is 16.4. The van der Waals surface area contributed by atoms with Gasteiger partial charge in [0, 0.05) is 10.8 Å². The van der Waals surface area contributed by atoms with E-state index in [0.717, 1.165) is 38.0 Å². The number of aromatic nitrogens is 2. The first-order chi connectivity index (χ1) is 14.3. The van der Waals surface area contributed by atoms with Crippen LogP contribution in [0.15, 0.2) is 89.7 Å². The van der Waals surface area contributed by atoms with Crippen LogP contribution < -0.4 is 5.56 Å². The fourth-order valence-corrected chi connectivity index (χ4v) is 4.09. The predicted octanol–water partition coefficient (Wildman–Crippen LogP) is 6.33. The number of para-hydroxylation sites is 1. The largest absolute Gasteiger partial charge is 0.268 e. The Bertz CT molecular complexity index is 1600. The van der Waals surface area contributed by atoms with E-state index in [1.165, 1.54) is 0 Å². The molecule has 0 amide bonds. The molecule has 6 rings (SSSR count). The van der Waals surface area contributed by atoms with E-state index >= 15 is 0 Å². The van der Waals surface area contributed by atoms with E-state index in [-0.39, 0.29) is 5.56 Å². The number of rotatable bonds is 0. The minimum Gasteiger partial charge on any atom is -0.268 e. The SMILES string of the molecule is CC.O=c1c2cc3ccccc3cc2nc2c3ccccc3c3ccccc3n12. The third kappa shape index (κ3) is 2.51. The van der Waals surface area contributed by atoms with Gasteiger partial charge in [-0.2, -0.15) is 0 Å². The Morgan fingerprint density at radius 2 is 1.24 bits per heavy atom. The summed E-state index contributed by atoms with van der Waals surface area (Å²) in [5.41, 5.74) is 2.30. The summed E-state index contributed by atoms with van der Waals surface area (Å²) in [5, 5.41) is 5.94. The van der Waals surface area contributed by atoms with Gasteiger partial charge in [0.25, 0.3) is 5.56 Å². The third-order valence-electron chi connectivity index (χ3n) is 5.34. The molecule has 2 aromatic heterocycles. The second-order valence-corrected chi connectivity index (χ2v) is 6.86. The summed E-state index contributed by atoms with van der Waals surface area (Å²) in [5.74, 6) is 0. The Balaban J connectivity index is 0.000000882. The van der Waals surface area contributed by atoms with Gasteiger partial charge in [0.05, 0.1) is 16.4 Å². The summed E-state index contributed by atoms with van der Waals surface area (Å²) >= 11 is 0. The van der Waals surface area contributed by atoms with Gasteiger partial charge >= 0.3 is 0 Å². The molecule has 4 aromatic carbocycles. The van der Waals surface area contributed by atoms with Crippen molar-refractivity contribution in [2.24, 2.45) is 0 Å². The van der Waals surface area contributed by atoms with Gasteiger partial charge < -0.3 is 0 Å². The van der Waals surface area contributed by atoms with Crippen molar-refractivity contribution in [3.05, 3.63) is 95.3 Å². The fraction of sp³-hybridized carbons (Fsp3) is 0.0769. The standard InChI is InChI=1S/C24H14N2O.C2H6/c27-24-20-13-15-7-1-2-8-16(15)14-21(20)25-23-19-11-4-3-9-17(19)18-10-5-6-12-22(18)26(23)24;1-2/h1-14H;1-2H3. The molecule has 2 heterocycles. The van der Waals surface area contributed by atoms with Gasteiger partial charge in [0.15, 0.2) is 0 Å². The Morgan fingerprint density at radius 1 is 0.655 bits per heavy atom. The van der Waals surface area contributed by atoms with Crippen molar-refractivity contribution in [3.8, 4) is 0 Å². The number of hydrogen-bond acceptors (Lipinski definition) is 2. The molecule has 0 aliphatic carbocycles. The van der Waals surface area contributed by atoms with Gasteiger partial charge in [-0.3, -0.25) is 9.20 Å². The summed E-state index contributed by atoms with van der Waals surface area (Å²) in [6.07, 6.45) is 0. The monoisotopic (exact) mass is 376 g/mol. The van der Waals surface area contributed by atoms with Gasteiger partial charge in [-0.25, -0.2) is 4.98 Å². The van der Waals surface area contributed by atoms with Crippen LogP contribution in [0.1, 0.15) is 13.8 Å². The summed E-state index contributed by atoms with van der Waals surface area (Å²) in [6.45, 7) is 4.00. The first kappa shape index (κ1) is 17.4. The van der Waals surface area contributed by atoms with Gasteiger partial charge in [-0.05, 0) is 34.4 Å². The van der Waals surface area contributed by atoms with Crippen LogP contribution in [0.3, 0.4) is 0 Å². The third-order valence-corrected chi connectivity index (χ3v) is 5.34. The van der Waals surface area contributed by atoms with Crippen molar-refractivity contribution in [1.29, 1.82) is 0 Å². The Hall–Kier alpha value is -3.72. The van der Waals surface area contributed by atoms with Crippen molar-refractivity contribution in [1.82, 2.24) is 9.38 Å². The van der Waals surface area contributed by atoms with Gasteiger partial charge in [-0.1, -0.05) is 80.6 Å². The van der Waals surface area contributed by atoms with Crippen molar-refractivity contribution in [2.45, 2.75) is 13.8 Å². The average molecular weight is 376 g/mol. The quantitative estimate of drug-likeness (QED) is 0.229. The highest BCUT2D eigenvalue weighted by Gasteiger charge is 2.13. The molecule has 6 aromatic rings. The smallest absolute Gasteiger partial charge is 0.266 e. The maximum Gasteiger partial charge on any atom is 0.266 e. The molecule has 140 valence electrons. The Labute approximate surface area is 167 Å². The highest BCUT2D eigenvalue weighted by atomic mass is 16.1. The van der Waals surface area contributed by atoms with E-state index in [9.17, 15) is 4.79 Å². The first-order valence-electron chi connectivity index (χ1n) is 9.96. The molecule has 0 saturated heterocycles.